The zero-order valence-electron chi connectivity index (χ0n) is 21.3. The molecule has 1 aromatic rings. The monoisotopic (exact) mass is 586 g/mol. The first-order valence-corrected chi connectivity index (χ1v) is 16.1. The van der Waals surface area contributed by atoms with Crippen molar-refractivity contribution < 1.29 is 19.0 Å². The highest BCUT2D eigenvalue weighted by molar-refractivity contribution is 14.1. The molecule has 0 bridgehead atoms. The minimum Gasteiger partial charge on any atom is -0.497 e. The number of ether oxygens (including phenoxy) is 2. The summed E-state index contributed by atoms with van der Waals surface area (Å²) in [5.41, 5.74) is 1.17. The minimum absolute atomic E-state index is 0.0883. The van der Waals surface area contributed by atoms with E-state index in [9.17, 15) is 5.11 Å². The summed E-state index contributed by atoms with van der Waals surface area (Å²) in [7, 11) is -0.203. The molecule has 0 amide bonds. The smallest absolute Gasteiger partial charge is 0.192 e. The van der Waals surface area contributed by atoms with Crippen molar-refractivity contribution in [1.82, 2.24) is 0 Å². The molecule has 1 saturated carbocycles. The van der Waals surface area contributed by atoms with Gasteiger partial charge in [-0.25, -0.2) is 0 Å². The van der Waals surface area contributed by atoms with Gasteiger partial charge in [-0.1, -0.05) is 57.6 Å². The van der Waals surface area contributed by atoms with Crippen LogP contribution in [0, 0.1) is 11.8 Å². The van der Waals surface area contributed by atoms with Gasteiger partial charge in [0.1, 0.15) is 5.75 Å². The third-order valence-corrected chi connectivity index (χ3v) is 12.3. The summed E-state index contributed by atoms with van der Waals surface area (Å²) in [5, 5.41) is 9.42. The van der Waals surface area contributed by atoms with Crippen LogP contribution >= 0.6 is 22.6 Å². The summed E-state index contributed by atoms with van der Waals surface area (Å²) in [4.78, 5) is 0. The fourth-order valence-corrected chi connectivity index (χ4v) is 5.70. The lowest BCUT2D eigenvalue weighted by molar-refractivity contribution is 0.0345. The number of aliphatic hydroxyl groups excluding tert-OH is 1. The van der Waals surface area contributed by atoms with Gasteiger partial charge in [0.25, 0.3) is 0 Å². The highest BCUT2D eigenvalue weighted by atomic mass is 127. The van der Waals surface area contributed by atoms with Crippen LogP contribution < -0.4 is 4.74 Å². The number of benzene rings is 1. The number of aliphatic hydroxyl groups is 1. The quantitative estimate of drug-likeness (QED) is 0.159. The van der Waals surface area contributed by atoms with Crippen LogP contribution in [0.2, 0.25) is 18.1 Å². The van der Waals surface area contributed by atoms with Crippen LogP contribution in [0.15, 0.2) is 46.1 Å². The van der Waals surface area contributed by atoms with Gasteiger partial charge in [-0.15, -0.1) is 0 Å². The Morgan fingerprint density at radius 2 is 1.91 bits per heavy atom. The van der Waals surface area contributed by atoms with Crippen molar-refractivity contribution in [1.29, 1.82) is 0 Å². The van der Waals surface area contributed by atoms with E-state index in [0.717, 1.165) is 22.4 Å². The fraction of sp³-hybridized carbons (Fsp3) is 0.630. The number of methoxy groups -OCH3 is 1. The third kappa shape index (κ3) is 9.13. The molecule has 1 fully saturated rings. The molecule has 0 aromatic heterocycles. The van der Waals surface area contributed by atoms with E-state index in [1.807, 2.05) is 18.2 Å². The lowest BCUT2D eigenvalue weighted by Crippen LogP contribution is -2.46. The molecule has 3 atom stereocenters. The van der Waals surface area contributed by atoms with Gasteiger partial charge in [0.15, 0.2) is 8.32 Å². The molecule has 0 saturated heterocycles. The minimum atomic E-state index is -1.89. The van der Waals surface area contributed by atoms with Gasteiger partial charge in [-0.3, -0.25) is 0 Å². The van der Waals surface area contributed by atoms with Crippen LogP contribution in [0.5, 0.6) is 5.75 Å². The largest absolute Gasteiger partial charge is 0.497 e. The van der Waals surface area contributed by atoms with Crippen molar-refractivity contribution >= 4 is 30.9 Å². The number of hydrogen-bond acceptors (Lipinski definition) is 4. The molecular weight excluding hydrogens is 543 g/mol. The molecule has 0 unspecified atom stereocenters. The Balaban J connectivity index is 2.05. The van der Waals surface area contributed by atoms with Gasteiger partial charge in [0, 0.05) is 3.58 Å². The van der Waals surface area contributed by atoms with Gasteiger partial charge in [0.05, 0.1) is 33.0 Å². The van der Waals surface area contributed by atoms with Crippen molar-refractivity contribution in [2.24, 2.45) is 11.8 Å². The predicted octanol–water partition coefficient (Wildman–Crippen LogP) is 7.28. The Bertz CT molecular complexity index is 767. The molecule has 0 radical (unpaired) electrons. The molecule has 33 heavy (non-hydrogen) atoms. The maximum absolute atomic E-state index is 9.24. The maximum atomic E-state index is 9.24. The van der Waals surface area contributed by atoms with Gasteiger partial charge in [-0.2, -0.15) is 0 Å². The van der Waals surface area contributed by atoms with E-state index in [1.54, 1.807) is 7.11 Å². The first-order valence-electron chi connectivity index (χ1n) is 12.1. The second-order valence-electron chi connectivity index (χ2n) is 10.6. The molecular formula is C27H43IO4Si. The molecule has 0 spiro atoms. The summed E-state index contributed by atoms with van der Waals surface area (Å²) >= 11 is 2.17. The van der Waals surface area contributed by atoms with E-state index in [2.05, 4.69) is 80.7 Å². The van der Waals surface area contributed by atoms with E-state index >= 15 is 0 Å². The Kier molecular flexibility index (Phi) is 11.6. The third-order valence-electron chi connectivity index (χ3n) is 7.14. The van der Waals surface area contributed by atoms with E-state index < -0.39 is 8.32 Å². The molecule has 2 rings (SSSR count). The second-order valence-corrected chi connectivity index (χ2v) is 16.7. The van der Waals surface area contributed by atoms with Crippen molar-refractivity contribution in [2.45, 2.75) is 77.3 Å². The summed E-state index contributed by atoms with van der Waals surface area (Å²) in [6.07, 6.45) is 11.0. The van der Waals surface area contributed by atoms with E-state index in [-0.39, 0.29) is 17.7 Å². The lowest BCUT2D eigenvalue weighted by Gasteiger charge is -2.42. The Labute approximate surface area is 216 Å². The van der Waals surface area contributed by atoms with Gasteiger partial charge in [-0.05, 0) is 89.5 Å². The Hall–Kier alpha value is -0.673. The zero-order valence-corrected chi connectivity index (χ0v) is 24.4. The molecule has 0 aliphatic heterocycles. The average Bonchev–Trinajstić information content (AvgIpc) is 3.23. The Morgan fingerprint density at radius 1 is 1.21 bits per heavy atom. The van der Waals surface area contributed by atoms with Gasteiger partial charge >= 0.3 is 0 Å². The maximum Gasteiger partial charge on any atom is 0.192 e. The molecule has 1 aliphatic carbocycles. The van der Waals surface area contributed by atoms with E-state index in [1.165, 1.54) is 24.8 Å². The van der Waals surface area contributed by atoms with Crippen LogP contribution in [-0.2, 0) is 15.8 Å². The number of allylic oxidation sites excluding steroid dienone is 2. The lowest BCUT2D eigenvalue weighted by atomic mass is 9.89. The molecule has 186 valence electrons. The molecule has 1 aliphatic rings. The topological polar surface area (TPSA) is 47.9 Å². The molecule has 1 aromatic carbocycles. The molecule has 4 nitrogen and oxygen atoms in total. The van der Waals surface area contributed by atoms with Crippen LogP contribution in [0.3, 0.4) is 0 Å². The highest BCUT2D eigenvalue weighted by Crippen LogP contribution is 2.43. The van der Waals surface area contributed by atoms with Crippen molar-refractivity contribution in [3.63, 3.8) is 0 Å². The second kappa shape index (κ2) is 13.4. The molecule has 6 heteroatoms. The first kappa shape index (κ1) is 28.6. The summed E-state index contributed by atoms with van der Waals surface area (Å²) in [6.45, 7) is 13.1. The standard InChI is InChI=1S/C27H43IO4Si/c1-27(2,3)33(5,6)32-26(13-8-7-11-23(28)18-29)25-12-9-10-22(25)20-31-19-21-14-16-24(30-4)17-15-21/h7-8,11,14-17,22,25-26,29H,9-10,12-13,18-20H2,1-6H3/b8-7+,23-11-/t22-,25+,26-/m0/s1. The SMILES string of the molecule is COc1ccc(COC[C@@H]2CCC[C@H]2[C@H](C/C=C/C=C(\I)CO)O[Si](C)(C)C(C)(C)C)cc1. The fourth-order valence-electron chi connectivity index (χ4n) is 4.12. The average molecular weight is 587 g/mol. The van der Waals surface area contributed by atoms with Crippen LogP contribution in [0.4, 0.5) is 0 Å². The van der Waals surface area contributed by atoms with E-state index in [4.69, 9.17) is 13.9 Å². The normalized spacial score (nSPS) is 21.0. The first-order chi connectivity index (χ1) is 15.6. The van der Waals surface area contributed by atoms with Crippen molar-refractivity contribution in [2.75, 3.05) is 20.3 Å². The number of hydrogen-bond donors (Lipinski definition) is 1. The van der Waals surface area contributed by atoms with Crippen LogP contribution in [0.25, 0.3) is 0 Å². The number of halogens is 1. The van der Waals surface area contributed by atoms with Crippen LogP contribution in [-0.4, -0.2) is 39.9 Å². The van der Waals surface area contributed by atoms with Gasteiger partial charge in [0.2, 0.25) is 0 Å². The predicted molar refractivity (Wildman–Crippen MR) is 148 cm³/mol. The number of rotatable bonds is 12. The van der Waals surface area contributed by atoms with Crippen LogP contribution in [0.1, 0.15) is 52.0 Å². The van der Waals surface area contributed by atoms with Gasteiger partial charge < -0.3 is 19.0 Å². The summed E-state index contributed by atoms with van der Waals surface area (Å²) in [5.74, 6) is 1.91. The summed E-state index contributed by atoms with van der Waals surface area (Å²) < 4.78 is 19.4. The van der Waals surface area contributed by atoms with E-state index in [0.29, 0.717) is 18.4 Å². The van der Waals surface area contributed by atoms with Crippen molar-refractivity contribution in [3.8, 4) is 5.75 Å². The Morgan fingerprint density at radius 3 is 2.52 bits per heavy atom. The zero-order chi connectivity index (χ0) is 24.5. The van der Waals surface area contributed by atoms with Crippen molar-refractivity contribution in [3.05, 3.63) is 51.6 Å². The summed E-state index contributed by atoms with van der Waals surface area (Å²) in [6, 6.07) is 8.11. The highest BCUT2D eigenvalue weighted by Gasteiger charge is 2.42. The molecule has 1 N–H and O–H groups in total. The molecule has 0 heterocycles.